The van der Waals surface area contributed by atoms with Crippen molar-refractivity contribution in [2.24, 2.45) is 4.99 Å². The predicted molar refractivity (Wildman–Crippen MR) is 108 cm³/mol. The van der Waals surface area contributed by atoms with E-state index >= 15 is 0 Å². The van der Waals surface area contributed by atoms with Crippen molar-refractivity contribution in [3.63, 3.8) is 0 Å². The maximum absolute atomic E-state index is 12.4. The maximum atomic E-state index is 12.4. The molecule has 0 unspecified atom stereocenters. The zero-order valence-electron chi connectivity index (χ0n) is 16.2. The van der Waals surface area contributed by atoms with Gasteiger partial charge in [-0.15, -0.1) is 6.58 Å². The van der Waals surface area contributed by atoms with Gasteiger partial charge in [-0.2, -0.15) is 0 Å². The second-order valence-electron chi connectivity index (χ2n) is 6.71. The van der Waals surface area contributed by atoms with Crippen LogP contribution in [0.2, 0.25) is 0 Å². The van der Waals surface area contributed by atoms with E-state index in [1.54, 1.807) is 0 Å². The minimum absolute atomic E-state index is 0.223. The van der Waals surface area contributed by atoms with E-state index in [9.17, 15) is 4.79 Å². The van der Waals surface area contributed by atoms with E-state index in [2.05, 4.69) is 47.9 Å². The molecular formula is C21H32N4O. The van der Waals surface area contributed by atoms with Gasteiger partial charge in [0.2, 0.25) is 5.91 Å². The molecule has 0 bridgehead atoms. The monoisotopic (exact) mass is 356 g/mol. The lowest BCUT2D eigenvalue weighted by Crippen LogP contribution is -2.39. The number of allylic oxidation sites excluding steroid dienone is 1. The summed E-state index contributed by atoms with van der Waals surface area (Å²) in [6, 6.07) is 8.29. The average Bonchev–Trinajstić information content (AvgIpc) is 3.08. The Hall–Kier alpha value is -2.30. The Bertz CT molecular complexity index is 601. The van der Waals surface area contributed by atoms with Crippen molar-refractivity contribution in [3.05, 3.63) is 48.0 Å². The lowest BCUT2D eigenvalue weighted by atomic mass is 10.1. The first-order chi connectivity index (χ1) is 12.7. The minimum Gasteiger partial charge on any atom is -0.357 e. The van der Waals surface area contributed by atoms with Gasteiger partial charge in [0.05, 0.1) is 0 Å². The van der Waals surface area contributed by atoms with Crippen LogP contribution >= 0.6 is 0 Å². The Labute approximate surface area is 157 Å². The lowest BCUT2D eigenvalue weighted by molar-refractivity contribution is -0.131. The first-order valence-corrected chi connectivity index (χ1v) is 9.60. The molecule has 0 radical (unpaired) electrons. The van der Waals surface area contributed by atoms with E-state index in [0.29, 0.717) is 13.0 Å². The van der Waals surface area contributed by atoms with E-state index in [1.165, 1.54) is 11.1 Å². The number of guanidine groups is 1. The number of carbonyl (C=O) groups is 1. The molecule has 1 N–H and O–H groups in total. The molecule has 1 aromatic rings. The third-order valence-electron chi connectivity index (χ3n) is 4.60. The van der Waals surface area contributed by atoms with Crippen molar-refractivity contribution in [3.8, 4) is 0 Å². The molecule has 0 saturated carbocycles. The quantitative estimate of drug-likeness (QED) is 0.320. The third-order valence-corrected chi connectivity index (χ3v) is 4.60. The number of nitrogens with one attached hydrogen (secondary N) is 1. The van der Waals surface area contributed by atoms with Crippen molar-refractivity contribution in [1.29, 1.82) is 0 Å². The Morgan fingerprint density at radius 1 is 1.31 bits per heavy atom. The van der Waals surface area contributed by atoms with Gasteiger partial charge in [0.15, 0.2) is 5.96 Å². The first kappa shape index (κ1) is 20.0. The van der Waals surface area contributed by atoms with Gasteiger partial charge in [-0.05, 0) is 37.3 Å². The average molecular weight is 357 g/mol. The first-order valence-electron chi connectivity index (χ1n) is 9.60. The molecule has 0 saturated heterocycles. The summed E-state index contributed by atoms with van der Waals surface area (Å²) in [5.74, 6) is 1.14. The van der Waals surface area contributed by atoms with Gasteiger partial charge < -0.3 is 15.1 Å². The summed E-state index contributed by atoms with van der Waals surface area (Å²) in [5.41, 5.74) is 2.55. The Kier molecular flexibility index (Phi) is 8.19. The molecule has 1 aromatic carbocycles. The highest BCUT2D eigenvalue weighted by Crippen LogP contribution is 2.22. The fraction of sp³-hybridized carbons (Fsp3) is 0.524. The van der Waals surface area contributed by atoms with Crippen LogP contribution in [0.15, 0.2) is 41.9 Å². The van der Waals surface area contributed by atoms with Gasteiger partial charge in [-0.25, -0.2) is 0 Å². The fourth-order valence-electron chi connectivity index (χ4n) is 3.13. The van der Waals surface area contributed by atoms with Gasteiger partial charge >= 0.3 is 0 Å². The molecule has 0 aliphatic carbocycles. The predicted octanol–water partition coefficient (Wildman–Crippen LogP) is 3.17. The van der Waals surface area contributed by atoms with Crippen LogP contribution in [0.3, 0.4) is 0 Å². The summed E-state index contributed by atoms with van der Waals surface area (Å²) in [5, 5.41) is 3.32. The van der Waals surface area contributed by atoms with E-state index in [4.69, 9.17) is 0 Å². The second kappa shape index (κ2) is 10.6. The number of amides is 1. The fourth-order valence-corrected chi connectivity index (χ4v) is 3.13. The summed E-state index contributed by atoms with van der Waals surface area (Å²) in [4.78, 5) is 21.2. The van der Waals surface area contributed by atoms with Crippen molar-refractivity contribution in [2.45, 2.75) is 45.7 Å². The molecule has 0 aromatic heterocycles. The molecule has 1 amide bonds. The number of hydrogen-bond donors (Lipinski definition) is 1. The SMILES string of the molecule is C=CCCCN(C)C(=NCCCC(=O)N1Cc2ccccc2C1)NCC. The van der Waals surface area contributed by atoms with Crippen molar-refractivity contribution in [2.75, 3.05) is 26.7 Å². The summed E-state index contributed by atoms with van der Waals surface area (Å²) in [6.07, 6.45) is 5.35. The molecule has 2 rings (SSSR count). The Morgan fingerprint density at radius 2 is 2.00 bits per heavy atom. The Balaban J connectivity index is 1.75. The topological polar surface area (TPSA) is 47.9 Å². The Morgan fingerprint density at radius 3 is 2.62 bits per heavy atom. The molecule has 1 aliphatic rings. The maximum Gasteiger partial charge on any atom is 0.223 e. The van der Waals surface area contributed by atoms with Crippen LogP contribution in [-0.2, 0) is 17.9 Å². The molecule has 1 aliphatic heterocycles. The highest BCUT2D eigenvalue weighted by atomic mass is 16.2. The second-order valence-corrected chi connectivity index (χ2v) is 6.71. The van der Waals surface area contributed by atoms with Crippen LogP contribution in [0.1, 0.15) is 43.7 Å². The van der Waals surface area contributed by atoms with Gasteiger partial charge in [0.1, 0.15) is 0 Å². The third kappa shape index (κ3) is 5.90. The number of unbranched alkanes of at least 4 members (excludes halogenated alkanes) is 1. The zero-order valence-corrected chi connectivity index (χ0v) is 16.2. The van der Waals surface area contributed by atoms with Gasteiger partial charge in [-0.1, -0.05) is 30.3 Å². The number of nitrogens with zero attached hydrogens (tertiary/aromatic N) is 3. The van der Waals surface area contributed by atoms with Crippen LogP contribution in [0.5, 0.6) is 0 Å². The summed E-state index contributed by atoms with van der Waals surface area (Å²) in [6.45, 7) is 9.78. The van der Waals surface area contributed by atoms with Crippen molar-refractivity contribution < 1.29 is 4.79 Å². The molecule has 0 spiro atoms. The van der Waals surface area contributed by atoms with Crippen molar-refractivity contribution >= 4 is 11.9 Å². The van der Waals surface area contributed by atoms with Crippen molar-refractivity contribution in [1.82, 2.24) is 15.1 Å². The van der Waals surface area contributed by atoms with E-state index in [0.717, 1.165) is 51.4 Å². The summed E-state index contributed by atoms with van der Waals surface area (Å²) >= 11 is 0. The minimum atomic E-state index is 0.223. The van der Waals surface area contributed by atoms with Crippen LogP contribution in [0.25, 0.3) is 0 Å². The highest BCUT2D eigenvalue weighted by molar-refractivity contribution is 5.80. The smallest absolute Gasteiger partial charge is 0.223 e. The largest absolute Gasteiger partial charge is 0.357 e. The molecule has 5 nitrogen and oxygen atoms in total. The number of carbonyl (C=O) groups excluding carboxylic acids is 1. The number of benzene rings is 1. The van der Waals surface area contributed by atoms with Gasteiger partial charge in [-0.3, -0.25) is 9.79 Å². The van der Waals surface area contributed by atoms with Crippen LogP contribution in [-0.4, -0.2) is 48.3 Å². The molecule has 1 heterocycles. The normalized spacial score (nSPS) is 13.5. The summed E-state index contributed by atoms with van der Waals surface area (Å²) < 4.78 is 0. The lowest BCUT2D eigenvalue weighted by Gasteiger charge is -2.22. The van der Waals surface area contributed by atoms with E-state index in [1.807, 2.05) is 23.1 Å². The van der Waals surface area contributed by atoms with Crippen LogP contribution < -0.4 is 5.32 Å². The summed E-state index contributed by atoms with van der Waals surface area (Å²) in [7, 11) is 2.05. The van der Waals surface area contributed by atoms with E-state index < -0.39 is 0 Å². The number of hydrogen-bond acceptors (Lipinski definition) is 2. The van der Waals surface area contributed by atoms with Crippen LogP contribution in [0, 0.1) is 0 Å². The standard InChI is InChI=1S/C21H32N4O/c1-4-6-9-15-24(3)21(22-5-2)23-14-10-13-20(26)25-16-18-11-7-8-12-19(18)17-25/h4,7-8,11-12H,1,5-6,9-10,13-17H2,2-3H3,(H,22,23). The van der Waals surface area contributed by atoms with Crippen LogP contribution in [0.4, 0.5) is 0 Å². The molecule has 142 valence electrons. The molecule has 0 fully saturated rings. The molecule has 0 atom stereocenters. The zero-order chi connectivity index (χ0) is 18.8. The van der Waals surface area contributed by atoms with Gasteiger partial charge in [0, 0.05) is 46.2 Å². The molecular weight excluding hydrogens is 324 g/mol. The van der Waals surface area contributed by atoms with Gasteiger partial charge in [0.25, 0.3) is 0 Å². The number of aliphatic imine (C=N–C) groups is 1. The highest BCUT2D eigenvalue weighted by Gasteiger charge is 2.22. The van der Waals surface area contributed by atoms with E-state index in [-0.39, 0.29) is 5.91 Å². The number of fused-ring (bicyclic) bond motifs is 1. The number of rotatable bonds is 9. The molecule has 5 heteroatoms. The molecule has 26 heavy (non-hydrogen) atoms.